The van der Waals surface area contributed by atoms with Crippen LogP contribution in [-0.4, -0.2) is 62.8 Å². The van der Waals surface area contributed by atoms with Gasteiger partial charge in [0.2, 0.25) is 0 Å². The quantitative estimate of drug-likeness (QED) is 0.792. The van der Waals surface area contributed by atoms with E-state index in [9.17, 15) is 4.79 Å². The zero-order chi connectivity index (χ0) is 18.5. The lowest BCUT2D eigenvalue weighted by Crippen LogP contribution is -2.44. The first-order valence-electron chi connectivity index (χ1n) is 9.88. The highest BCUT2D eigenvalue weighted by atomic mass is 32.2. The van der Waals surface area contributed by atoms with E-state index < -0.39 is 0 Å². The minimum atomic E-state index is 0.119. The van der Waals surface area contributed by atoms with Crippen LogP contribution < -0.4 is 4.90 Å². The van der Waals surface area contributed by atoms with Crippen LogP contribution in [0, 0.1) is 0 Å². The van der Waals surface area contributed by atoms with Crippen molar-refractivity contribution in [1.82, 2.24) is 19.7 Å². The van der Waals surface area contributed by atoms with Crippen LogP contribution in [0.5, 0.6) is 0 Å². The van der Waals surface area contributed by atoms with E-state index in [1.165, 1.54) is 6.42 Å². The zero-order valence-electron chi connectivity index (χ0n) is 15.7. The molecule has 2 fully saturated rings. The van der Waals surface area contributed by atoms with E-state index in [0.717, 1.165) is 62.8 Å². The maximum Gasteiger partial charge on any atom is 0.255 e. The number of hydrogen-bond donors (Lipinski definition) is 0. The van der Waals surface area contributed by atoms with Crippen LogP contribution in [-0.2, 0) is 6.54 Å². The first-order chi connectivity index (χ1) is 13.3. The Morgan fingerprint density at radius 3 is 2.81 bits per heavy atom. The molecule has 6 nitrogen and oxygen atoms in total. The molecule has 4 heterocycles. The molecule has 2 aliphatic rings. The minimum absolute atomic E-state index is 0.119. The van der Waals surface area contributed by atoms with Gasteiger partial charge in [-0.25, -0.2) is 4.98 Å². The van der Waals surface area contributed by atoms with E-state index in [-0.39, 0.29) is 11.9 Å². The van der Waals surface area contributed by atoms with E-state index in [1.54, 1.807) is 12.4 Å². The molecule has 2 saturated heterocycles. The Morgan fingerprint density at radius 2 is 2.07 bits per heavy atom. The first-order valence-corrected chi connectivity index (χ1v) is 11.0. The molecule has 7 heteroatoms. The summed E-state index contributed by atoms with van der Waals surface area (Å²) in [5, 5.41) is 4.28. The van der Waals surface area contributed by atoms with Crippen molar-refractivity contribution in [3.8, 4) is 0 Å². The third-order valence-corrected chi connectivity index (χ3v) is 6.41. The summed E-state index contributed by atoms with van der Waals surface area (Å²) in [5.74, 6) is 3.40. The molecule has 0 bridgehead atoms. The summed E-state index contributed by atoms with van der Waals surface area (Å²) in [4.78, 5) is 22.1. The van der Waals surface area contributed by atoms with E-state index in [0.29, 0.717) is 5.56 Å². The van der Waals surface area contributed by atoms with E-state index in [1.807, 2.05) is 40.8 Å². The second-order valence-corrected chi connectivity index (χ2v) is 8.44. The van der Waals surface area contributed by atoms with Gasteiger partial charge in [0.05, 0.1) is 5.56 Å². The highest BCUT2D eigenvalue weighted by Gasteiger charge is 2.27. The van der Waals surface area contributed by atoms with Crippen LogP contribution in [0.25, 0.3) is 0 Å². The lowest BCUT2D eigenvalue weighted by atomic mass is 9.98. The molecule has 1 unspecified atom stereocenters. The first kappa shape index (κ1) is 18.3. The lowest BCUT2D eigenvalue weighted by molar-refractivity contribution is 0.0593. The number of nitrogens with zero attached hydrogens (tertiary/aromatic N) is 5. The molecule has 0 aromatic carbocycles. The van der Waals surface area contributed by atoms with Crippen LogP contribution in [0.1, 0.15) is 36.0 Å². The molecule has 2 aliphatic heterocycles. The summed E-state index contributed by atoms with van der Waals surface area (Å²) in [6.07, 6.45) is 9.85. The van der Waals surface area contributed by atoms with Crippen molar-refractivity contribution < 1.29 is 4.79 Å². The molecule has 0 spiro atoms. The van der Waals surface area contributed by atoms with Crippen LogP contribution >= 0.6 is 11.8 Å². The van der Waals surface area contributed by atoms with E-state index in [2.05, 4.69) is 19.9 Å². The maximum atomic E-state index is 13.1. The maximum absolute atomic E-state index is 13.1. The van der Waals surface area contributed by atoms with Gasteiger partial charge in [0.1, 0.15) is 5.82 Å². The highest BCUT2D eigenvalue weighted by molar-refractivity contribution is 7.99. The summed E-state index contributed by atoms with van der Waals surface area (Å²) in [5.41, 5.74) is 0.705. The fraction of sp³-hybridized carbons (Fsp3) is 0.550. The third-order valence-electron chi connectivity index (χ3n) is 5.47. The third kappa shape index (κ3) is 4.46. The number of hydrogen-bond acceptors (Lipinski definition) is 5. The van der Waals surface area contributed by atoms with Crippen molar-refractivity contribution in [2.75, 3.05) is 36.0 Å². The van der Waals surface area contributed by atoms with Crippen LogP contribution in [0.2, 0.25) is 0 Å². The number of carbonyl (C=O) groups is 1. The number of anilines is 1. The van der Waals surface area contributed by atoms with Crippen LogP contribution in [0.4, 0.5) is 5.82 Å². The molecule has 0 radical (unpaired) electrons. The molecule has 2 aromatic heterocycles. The Balaban J connectivity index is 1.41. The molecule has 144 valence electrons. The van der Waals surface area contributed by atoms with Gasteiger partial charge in [-0.1, -0.05) is 0 Å². The predicted molar refractivity (Wildman–Crippen MR) is 109 cm³/mol. The highest BCUT2D eigenvalue weighted by Crippen LogP contribution is 2.23. The van der Waals surface area contributed by atoms with Gasteiger partial charge < -0.3 is 9.80 Å². The topological polar surface area (TPSA) is 54.3 Å². The minimum Gasteiger partial charge on any atom is -0.355 e. The smallest absolute Gasteiger partial charge is 0.255 e. The summed E-state index contributed by atoms with van der Waals surface area (Å²) in [6.45, 7) is 3.76. The molecule has 1 amide bonds. The number of piperidine rings is 1. The number of thioether (sulfide) groups is 1. The van der Waals surface area contributed by atoms with Crippen molar-refractivity contribution in [2.24, 2.45) is 0 Å². The van der Waals surface area contributed by atoms with Crippen molar-refractivity contribution in [2.45, 2.75) is 38.3 Å². The van der Waals surface area contributed by atoms with Crippen molar-refractivity contribution >= 4 is 23.5 Å². The largest absolute Gasteiger partial charge is 0.355 e. The van der Waals surface area contributed by atoms with Crippen LogP contribution in [0.3, 0.4) is 0 Å². The molecule has 4 rings (SSSR count). The summed E-state index contributed by atoms with van der Waals surface area (Å²) in [7, 11) is 0. The number of carbonyl (C=O) groups excluding carboxylic acids is 1. The number of aromatic nitrogens is 3. The van der Waals surface area contributed by atoms with E-state index in [4.69, 9.17) is 0 Å². The number of amides is 1. The number of pyridine rings is 1. The number of rotatable bonds is 5. The summed E-state index contributed by atoms with van der Waals surface area (Å²) < 4.78 is 1.95. The van der Waals surface area contributed by atoms with Gasteiger partial charge in [-0.2, -0.15) is 16.9 Å². The van der Waals surface area contributed by atoms with Crippen molar-refractivity contribution in [3.05, 3.63) is 42.4 Å². The summed E-state index contributed by atoms with van der Waals surface area (Å²) >= 11 is 1.99. The monoisotopic (exact) mass is 385 g/mol. The van der Waals surface area contributed by atoms with Gasteiger partial charge in [0.15, 0.2) is 0 Å². The molecule has 0 N–H and O–H groups in total. The van der Waals surface area contributed by atoms with Gasteiger partial charge in [-0.3, -0.25) is 9.48 Å². The Bertz CT molecular complexity index is 727. The van der Waals surface area contributed by atoms with Crippen LogP contribution in [0.15, 0.2) is 36.8 Å². The predicted octanol–water partition coefficient (Wildman–Crippen LogP) is 2.92. The standard InChI is InChI=1S/C20H27N5OS/c26-20(17-5-6-19(21-16-17)23-12-14-27-15-13-23)25-10-2-1-4-18(25)7-11-24-9-3-8-22-24/h3,5-6,8-9,16,18H,1-2,4,7,10-15H2. The Hall–Kier alpha value is -2.02. The molecule has 2 aromatic rings. The Labute approximate surface area is 164 Å². The summed E-state index contributed by atoms with van der Waals surface area (Å²) in [6, 6.07) is 6.18. The zero-order valence-corrected chi connectivity index (χ0v) is 16.5. The second kappa shape index (κ2) is 8.78. The Kier molecular flexibility index (Phi) is 5.97. The molecule has 0 saturated carbocycles. The SMILES string of the molecule is O=C(c1ccc(N2CCSCC2)nc1)N1CCCCC1CCn1cccn1. The number of likely N-dealkylation sites (tertiary alicyclic amines) is 1. The molecular weight excluding hydrogens is 358 g/mol. The van der Waals surface area contributed by atoms with Gasteiger partial charge >= 0.3 is 0 Å². The fourth-order valence-corrected chi connectivity index (χ4v) is 4.84. The normalized spacial score (nSPS) is 20.7. The Morgan fingerprint density at radius 1 is 1.19 bits per heavy atom. The van der Waals surface area contributed by atoms with Crippen molar-refractivity contribution in [3.63, 3.8) is 0 Å². The van der Waals surface area contributed by atoms with Crippen molar-refractivity contribution in [1.29, 1.82) is 0 Å². The van der Waals surface area contributed by atoms with Gasteiger partial charge in [0, 0.05) is 62.3 Å². The number of aryl methyl sites for hydroxylation is 1. The van der Waals surface area contributed by atoms with Gasteiger partial charge in [0.25, 0.3) is 5.91 Å². The second-order valence-electron chi connectivity index (χ2n) is 7.21. The molecular formula is C20H27N5OS. The fourth-order valence-electron chi connectivity index (χ4n) is 3.94. The molecule has 1 atom stereocenters. The van der Waals surface area contributed by atoms with Gasteiger partial charge in [-0.15, -0.1) is 0 Å². The lowest BCUT2D eigenvalue weighted by Gasteiger charge is -2.36. The molecule has 0 aliphatic carbocycles. The van der Waals surface area contributed by atoms with Gasteiger partial charge in [-0.05, 0) is 43.9 Å². The average molecular weight is 386 g/mol. The van der Waals surface area contributed by atoms with E-state index >= 15 is 0 Å². The average Bonchev–Trinajstić information content (AvgIpc) is 3.26. The molecule has 27 heavy (non-hydrogen) atoms.